The lowest BCUT2D eigenvalue weighted by molar-refractivity contribution is -0.137. The topological polar surface area (TPSA) is 78.8 Å². The molecule has 0 fully saturated rings. The van der Waals surface area contributed by atoms with Crippen molar-refractivity contribution in [3.8, 4) is 17.3 Å². The molecule has 0 aliphatic rings. The Morgan fingerprint density at radius 2 is 1.82 bits per heavy atom. The summed E-state index contributed by atoms with van der Waals surface area (Å²) >= 11 is 6.10. The third-order valence-electron chi connectivity index (χ3n) is 4.07. The van der Waals surface area contributed by atoms with Gasteiger partial charge >= 0.3 is 6.18 Å². The zero-order valence-electron chi connectivity index (χ0n) is 15.3. The Hall–Kier alpha value is -2.81. The lowest BCUT2D eigenvalue weighted by atomic mass is 10.1. The maximum atomic E-state index is 13.4. The van der Waals surface area contributed by atoms with Crippen LogP contribution in [-0.4, -0.2) is 19.7 Å². The number of hydrogen-bond acceptors (Lipinski definition) is 5. The second-order valence-electron chi connectivity index (χ2n) is 6.62. The first-order valence-electron chi connectivity index (χ1n) is 8.17. The fraction of sp³-hybridized carbons (Fsp3) is 0.278. The van der Waals surface area contributed by atoms with Crippen molar-refractivity contribution in [1.82, 2.24) is 19.7 Å². The predicted molar refractivity (Wildman–Crippen MR) is 98.8 cm³/mol. The lowest BCUT2D eigenvalue weighted by Crippen LogP contribution is -2.29. The Labute approximate surface area is 164 Å². The number of nitrogens with zero attached hydrogens (tertiary/aromatic N) is 4. The predicted octanol–water partition coefficient (Wildman–Crippen LogP) is 4.45. The summed E-state index contributed by atoms with van der Waals surface area (Å²) in [6.45, 7) is 3.37. The summed E-state index contributed by atoms with van der Waals surface area (Å²) in [7, 11) is 1.57. The average molecular weight is 412 g/mol. The maximum absolute atomic E-state index is 13.4. The molecule has 1 aromatic carbocycles. The number of pyridine rings is 1. The van der Waals surface area contributed by atoms with Crippen LogP contribution in [0.5, 0.6) is 5.88 Å². The quantitative estimate of drug-likeness (QED) is 0.686. The smallest absolute Gasteiger partial charge is 0.417 e. The van der Waals surface area contributed by atoms with E-state index in [1.54, 1.807) is 20.9 Å². The lowest BCUT2D eigenvalue weighted by Gasteiger charge is -2.25. The minimum atomic E-state index is -4.52. The number of rotatable bonds is 4. The van der Waals surface area contributed by atoms with Crippen LogP contribution in [0.4, 0.5) is 18.9 Å². The molecule has 148 valence electrons. The highest BCUT2D eigenvalue weighted by molar-refractivity contribution is 6.32. The molecular formula is C18H17ClF3N5O. The first-order valence-corrected chi connectivity index (χ1v) is 8.55. The Morgan fingerprint density at radius 1 is 1.14 bits per heavy atom. The average Bonchev–Trinajstić information content (AvgIpc) is 2.99. The molecule has 2 N–H and O–H groups in total. The monoisotopic (exact) mass is 411 g/mol. The van der Waals surface area contributed by atoms with Crippen LogP contribution in [0, 0.1) is 0 Å². The fourth-order valence-electron chi connectivity index (χ4n) is 2.82. The molecule has 0 saturated heterocycles. The summed E-state index contributed by atoms with van der Waals surface area (Å²) in [6.07, 6.45) is -3.13. The van der Waals surface area contributed by atoms with E-state index >= 15 is 0 Å². The molecule has 2 aromatic heterocycles. The molecule has 0 unspecified atom stereocenters. The SMILES string of the molecule is Cn1c(-c2ccccc2C(F)(F)F)nnc1C(C)(C)Oc1ncc(N)cc1Cl. The van der Waals surface area contributed by atoms with Crippen molar-refractivity contribution in [3.05, 3.63) is 52.9 Å². The van der Waals surface area contributed by atoms with E-state index < -0.39 is 17.3 Å². The molecule has 10 heteroatoms. The van der Waals surface area contributed by atoms with Crippen molar-refractivity contribution in [3.63, 3.8) is 0 Å². The molecule has 6 nitrogen and oxygen atoms in total. The normalized spacial score (nSPS) is 12.2. The van der Waals surface area contributed by atoms with E-state index in [0.29, 0.717) is 11.5 Å². The fourth-order valence-corrected chi connectivity index (χ4v) is 3.03. The van der Waals surface area contributed by atoms with Gasteiger partial charge in [0.15, 0.2) is 17.2 Å². The van der Waals surface area contributed by atoms with E-state index in [9.17, 15) is 13.2 Å². The second kappa shape index (κ2) is 6.97. The third-order valence-corrected chi connectivity index (χ3v) is 4.34. The van der Waals surface area contributed by atoms with Crippen LogP contribution in [0.2, 0.25) is 5.02 Å². The van der Waals surface area contributed by atoms with Crippen molar-refractivity contribution in [2.24, 2.45) is 7.05 Å². The Bertz CT molecular complexity index is 1020. The van der Waals surface area contributed by atoms with Crippen molar-refractivity contribution in [2.75, 3.05) is 5.73 Å². The number of aromatic nitrogens is 4. The number of benzene rings is 1. The van der Waals surface area contributed by atoms with Gasteiger partial charge in [0, 0.05) is 12.6 Å². The number of hydrogen-bond donors (Lipinski definition) is 1. The highest BCUT2D eigenvalue weighted by Gasteiger charge is 2.36. The molecule has 2 heterocycles. The van der Waals surface area contributed by atoms with Crippen LogP contribution in [0.25, 0.3) is 11.4 Å². The Morgan fingerprint density at radius 3 is 2.46 bits per heavy atom. The molecule has 0 amide bonds. The largest absolute Gasteiger partial charge is 0.462 e. The zero-order chi connectivity index (χ0) is 20.7. The molecule has 0 aliphatic heterocycles. The number of nitrogen functional groups attached to an aromatic ring is 1. The summed E-state index contributed by atoms with van der Waals surface area (Å²) in [6, 6.07) is 6.68. The van der Waals surface area contributed by atoms with Gasteiger partial charge in [-0.25, -0.2) is 4.98 Å². The van der Waals surface area contributed by atoms with Gasteiger partial charge in [-0.2, -0.15) is 13.2 Å². The van der Waals surface area contributed by atoms with Gasteiger partial charge in [-0.3, -0.25) is 0 Å². The number of nitrogens with two attached hydrogens (primary N) is 1. The summed E-state index contributed by atoms with van der Waals surface area (Å²) in [5, 5.41) is 8.23. The summed E-state index contributed by atoms with van der Waals surface area (Å²) < 4.78 is 47.4. The van der Waals surface area contributed by atoms with E-state index in [4.69, 9.17) is 22.1 Å². The molecule has 28 heavy (non-hydrogen) atoms. The van der Waals surface area contributed by atoms with Gasteiger partial charge in [0.05, 0.1) is 17.4 Å². The summed E-state index contributed by atoms with van der Waals surface area (Å²) in [5.41, 5.74) is 4.05. The van der Waals surface area contributed by atoms with Crippen LogP contribution in [0.3, 0.4) is 0 Å². The van der Waals surface area contributed by atoms with Gasteiger partial charge in [-0.05, 0) is 26.0 Å². The molecular weight excluding hydrogens is 395 g/mol. The van der Waals surface area contributed by atoms with E-state index in [1.807, 2.05) is 0 Å². The van der Waals surface area contributed by atoms with E-state index in [2.05, 4.69) is 15.2 Å². The zero-order valence-corrected chi connectivity index (χ0v) is 16.0. The number of alkyl halides is 3. The van der Waals surface area contributed by atoms with Crippen molar-refractivity contribution in [2.45, 2.75) is 25.6 Å². The molecule has 0 aliphatic carbocycles. The first-order chi connectivity index (χ1) is 13.0. The highest BCUT2D eigenvalue weighted by Crippen LogP contribution is 2.37. The van der Waals surface area contributed by atoms with Gasteiger partial charge in [0.2, 0.25) is 5.88 Å². The van der Waals surface area contributed by atoms with E-state index in [0.717, 1.165) is 6.07 Å². The Balaban J connectivity index is 2.01. The Kier molecular flexibility index (Phi) is 4.97. The highest BCUT2D eigenvalue weighted by atomic mass is 35.5. The van der Waals surface area contributed by atoms with Crippen LogP contribution < -0.4 is 10.5 Å². The van der Waals surface area contributed by atoms with Crippen molar-refractivity contribution < 1.29 is 17.9 Å². The summed E-state index contributed by atoms with van der Waals surface area (Å²) in [4.78, 5) is 4.04. The molecule has 0 spiro atoms. The number of halogens is 4. The van der Waals surface area contributed by atoms with Gasteiger partial charge in [-0.15, -0.1) is 10.2 Å². The third kappa shape index (κ3) is 3.75. The molecule has 0 bridgehead atoms. The van der Waals surface area contributed by atoms with Crippen LogP contribution in [0.1, 0.15) is 25.2 Å². The first kappa shape index (κ1) is 19.9. The molecule has 0 saturated carbocycles. The van der Waals surface area contributed by atoms with E-state index in [-0.39, 0.29) is 22.3 Å². The number of anilines is 1. The van der Waals surface area contributed by atoms with Crippen LogP contribution in [0.15, 0.2) is 36.5 Å². The minimum absolute atomic E-state index is 0.0657. The molecule has 0 radical (unpaired) electrons. The van der Waals surface area contributed by atoms with Crippen molar-refractivity contribution >= 4 is 17.3 Å². The van der Waals surface area contributed by atoms with E-state index in [1.165, 1.54) is 35.0 Å². The minimum Gasteiger partial charge on any atom is -0.462 e. The van der Waals surface area contributed by atoms with Crippen LogP contribution in [-0.2, 0) is 18.8 Å². The van der Waals surface area contributed by atoms with Crippen LogP contribution >= 0.6 is 11.6 Å². The maximum Gasteiger partial charge on any atom is 0.417 e. The van der Waals surface area contributed by atoms with Gasteiger partial charge in [0.1, 0.15) is 5.02 Å². The van der Waals surface area contributed by atoms with Gasteiger partial charge < -0.3 is 15.0 Å². The summed E-state index contributed by atoms with van der Waals surface area (Å²) in [5.74, 6) is 0.492. The standard InChI is InChI=1S/C18H17ClF3N5O/c1-17(2,28-15-13(19)8-10(23)9-24-15)16-26-25-14(27(16)3)11-6-4-5-7-12(11)18(20,21)22/h4-9H,23H2,1-3H3. The number of ether oxygens (including phenoxy) is 1. The second-order valence-corrected chi connectivity index (χ2v) is 7.02. The molecule has 0 atom stereocenters. The molecule has 3 rings (SSSR count). The molecule has 3 aromatic rings. The van der Waals surface area contributed by atoms with Gasteiger partial charge in [-0.1, -0.05) is 29.8 Å². The van der Waals surface area contributed by atoms with Gasteiger partial charge in [0.25, 0.3) is 0 Å². The van der Waals surface area contributed by atoms with Crippen molar-refractivity contribution in [1.29, 1.82) is 0 Å².